The Morgan fingerprint density at radius 2 is 1.89 bits per heavy atom. The van der Waals surface area contributed by atoms with E-state index >= 15 is 0 Å². The molecule has 2 heterocycles. The maximum Gasteiger partial charge on any atom is 0.500 e. The monoisotopic (exact) mass is 264 g/mol. The molecule has 102 valence electrons. The van der Waals surface area contributed by atoms with E-state index in [2.05, 4.69) is 4.98 Å². The van der Waals surface area contributed by atoms with Gasteiger partial charge in [-0.05, 0) is 33.8 Å². The molecule has 7 heteroatoms. The van der Waals surface area contributed by atoms with Crippen LogP contribution in [0.3, 0.4) is 0 Å². The molecule has 2 N–H and O–H groups in total. The van der Waals surface area contributed by atoms with E-state index in [9.17, 15) is 4.79 Å². The molecular formula is C12H17BN2O4. The van der Waals surface area contributed by atoms with Crippen molar-refractivity contribution in [2.45, 2.75) is 38.9 Å². The number of nitrogens with zero attached hydrogens (tertiary/aromatic N) is 1. The Morgan fingerprint density at radius 1 is 1.32 bits per heavy atom. The summed E-state index contributed by atoms with van der Waals surface area (Å²) in [6, 6.07) is 3.45. The Bertz CT molecular complexity index is 488. The number of hydrogen-bond donors (Lipinski definition) is 1. The molecule has 0 aliphatic carbocycles. The first-order valence-electron chi connectivity index (χ1n) is 6.01. The van der Waals surface area contributed by atoms with Crippen LogP contribution in [0.4, 0.5) is 4.79 Å². The highest BCUT2D eigenvalue weighted by atomic mass is 16.7. The zero-order valence-electron chi connectivity index (χ0n) is 11.5. The first kappa shape index (κ1) is 13.8. The average molecular weight is 264 g/mol. The van der Waals surface area contributed by atoms with E-state index < -0.39 is 24.4 Å². The van der Waals surface area contributed by atoms with Crippen molar-refractivity contribution in [3.8, 4) is 5.88 Å². The fourth-order valence-electron chi connectivity index (χ4n) is 1.73. The van der Waals surface area contributed by atoms with E-state index in [-0.39, 0.29) is 5.88 Å². The zero-order chi connectivity index (χ0) is 14.3. The van der Waals surface area contributed by atoms with Crippen LogP contribution in [0.5, 0.6) is 5.88 Å². The molecule has 1 aliphatic rings. The fraction of sp³-hybridized carbons (Fsp3) is 0.500. The molecule has 1 aromatic rings. The number of aromatic nitrogens is 1. The minimum Gasteiger partial charge on any atom is -0.399 e. The molecule has 2 rings (SSSR count). The van der Waals surface area contributed by atoms with Crippen LogP contribution in [0.1, 0.15) is 27.7 Å². The summed E-state index contributed by atoms with van der Waals surface area (Å²) in [5.41, 5.74) is 4.61. The minimum absolute atomic E-state index is 0.105. The van der Waals surface area contributed by atoms with Crippen LogP contribution in [0, 0.1) is 0 Å². The Labute approximate surface area is 112 Å². The fourth-order valence-corrected chi connectivity index (χ4v) is 1.73. The predicted molar refractivity (Wildman–Crippen MR) is 70.2 cm³/mol. The molecule has 1 aliphatic heterocycles. The average Bonchev–Trinajstić information content (AvgIpc) is 2.48. The van der Waals surface area contributed by atoms with E-state index in [0.717, 1.165) is 0 Å². The van der Waals surface area contributed by atoms with Gasteiger partial charge < -0.3 is 19.8 Å². The minimum atomic E-state index is -0.920. The summed E-state index contributed by atoms with van der Waals surface area (Å²) in [4.78, 5) is 14.8. The molecule has 1 fully saturated rings. The number of primary amides is 1. The van der Waals surface area contributed by atoms with Crippen molar-refractivity contribution in [3.05, 3.63) is 18.3 Å². The highest BCUT2D eigenvalue weighted by Crippen LogP contribution is 2.36. The summed E-state index contributed by atoms with van der Waals surface area (Å²) in [5, 5.41) is 0. The van der Waals surface area contributed by atoms with Crippen molar-refractivity contribution in [2.24, 2.45) is 5.73 Å². The van der Waals surface area contributed by atoms with Gasteiger partial charge in [-0.25, -0.2) is 9.78 Å². The molecule has 0 radical (unpaired) electrons. The number of ether oxygens (including phenoxy) is 1. The lowest BCUT2D eigenvalue weighted by molar-refractivity contribution is 0.00578. The largest absolute Gasteiger partial charge is 0.500 e. The topological polar surface area (TPSA) is 83.7 Å². The van der Waals surface area contributed by atoms with Gasteiger partial charge in [0.05, 0.1) is 11.2 Å². The third kappa shape index (κ3) is 2.57. The molecule has 0 spiro atoms. The standard InChI is InChI=1S/C12H17BN2O4/c1-11(2)12(3,4)19-13(18-11)8-6-5-7-15-9(8)17-10(14)16/h5-7H,1-4H3,(H2,14,16). The maximum atomic E-state index is 10.9. The van der Waals surface area contributed by atoms with E-state index in [1.165, 1.54) is 6.20 Å². The number of amides is 1. The van der Waals surface area contributed by atoms with Crippen LogP contribution in [0.25, 0.3) is 0 Å². The quantitative estimate of drug-likeness (QED) is 0.800. The van der Waals surface area contributed by atoms with Gasteiger partial charge in [0.15, 0.2) is 0 Å². The second-order valence-corrected chi connectivity index (χ2v) is 5.41. The molecule has 0 saturated carbocycles. The highest BCUT2D eigenvalue weighted by molar-refractivity contribution is 6.63. The van der Waals surface area contributed by atoms with E-state index in [1.807, 2.05) is 27.7 Å². The van der Waals surface area contributed by atoms with Crippen molar-refractivity contribution >= 4 is 18.7 Å². The molecule has 0 atom stereocenters. The van der Waals surface area contributed by atoms with Crippen LogP contribution in [-0.2, 0) is 9.31 Å². The van der Waals surface area contributed by atoms with Gasteiger partial charge in [0, 0.05) is 11.7 Å². The normalized spacial score (nSPS) is 20.3. The third-order valence-corrected chi connectivity index (χ3v) is 3.51. The number of carbonyl (C=O) groups excluding carboxylic acids is 1. The summed E-state index contributed by atoms with van der Waals surface area (Å²) in [6.07, 6.45) is 0.587. The molecule has 1 amide bonds. The lowest BCUT2D eigenvalue weighted by Gasteiger charge is -2.32. The number of nitrogens with two attached hydrogens (primary N) is 1. The van der Waals surface area contributed by atoms with Crippen LogP contribution >= 0.6 is 0 Å². The number of rotatable bonds is 2. The van der Waals surface area contributed by atoms with Crippen LogP contribution < -0.4 is 15.9 Å². The first-order valence-corrected chi connectivity index (χ1v) is 6.01. The van der Waals surface area contributed by atoms with Gasteiger partial charge in [0.2, 0.25) is 5.88 Å². The van der Waals surface area contributed by atoms with Crippen molar-refractivity contribution in [3.63, 3.8) is 0 Å². The number of carbonyl (C=O) groups is 1. The number of pyridine rings is 1. The highest BCUT2D eigenvalue weighted by Gasteiger charge is 2.52. The van der Waals surface area contributed by atoms with Crippen LogP contribution in [0.2, 0.25) is 0 Å². The zero-order valence-corrected chi connectivity index (χ0v) is 11.5. The molecule has 19 heavy (non-hydrogen) atoms. The Balaban J connectivity index is 2.32. The van der Waals surface area contributed by atoms with Gasteiger partial charge in [0.25, 0.3) is 0 Å². The molecule has 6 nitrogen and oxygen atoms in total. The molecule has 0 unspecified atom stereocenters. The SMILES string of the molecule is CC1(C)OB(c2cccnc2OC(N)=O)OC1(C)C. The lowest BCUT2D eigenvalue weighted by Crippen LogP contribution is -2.41. The summed E-state index contributed by atoms with van der Waals surface area (Å²) in [7, 11) is -0.645. The third-order valence-electron chi connectivity index (χ3n) is 3.51. The smallest absolute Gasteiger partial charge is 0.399 e. The van der Waals surface area contributed by atoms with Gasteiger partial charge >= 0.3 is 13.2 Å². The summed E-state index contributed by atoms with van der Waals surface area (Å²) < 4.78 is 16.6. The maximum absolute atomic E-state index is 10.9. The van der Waals surface area contributed by atoms with Crippen LogP contribution in [-0.4, -0.2) is 29.4 Å². The van der Waals surface area contributed by atoms with E-state index in [4.69, 9.17) is 19.8 Å². The van der Waals surface area contributed by atoms with Crippen molar-refractivity contribution < 1.29 is 18.8 Å². The molecule has 0 bridgehead atoms. The summed E-state index contributed by atoms with van der Waals surface area (Å²) in [5.74, 6) is 0.105. The van der Waals surface area contributed by atoms with Crippen molar-refractivity contribution in [1.29, 1.82) is 0 Å². The predicted octanol–water partition coefficient (Wildman–Crippen LogP) is 0.838. The lowest BCUT2D eigenvalue weighted by atomic mass is 9.80. The Hall–Kier alpha value is -1.60. The molecule has 0 aromatic carbocycles. The first-order chi connectivity index (χ1) is 8.73. The van der Waals surface area contributed by atoms with E-state index in [1.54, 1.807) is 12.1 Å². The second kappa shape index (κ2) is 4.50. The summed E-state index contributed by atoms with van der Waals surface area (Å²) >= 11 is 0. The van der Waals surface area contributed by atoms with Gasteiger partial charge in [-0.3, -0.25) is 0 Å². The van der Waals surface area contributed by atoms with Crippen molar-refractivity contribution in [2.75, 3.05) is 0 Å². The number of hydrogen-bond acceptors (Lipinski definition) is 5. The van der Waals surface area contributed by atoms with Crippen molar-refractivity contribution in [1.82, 2.24) is 4.98 Å². The summed E-state index contributed by atoms with van der Waals surface area (Å²) in [6.45, 7) is 7.77. The Kier molecular flexibility index (Phi) is 3.28. The molecule has 1 aromatic heterocycles. The molecular weight excluding hydrogens is 247 g/mol. The van der Waals surface area contributed by atoms with Gasteiger partial charge in [-0.1, -0.05) is 6.07 Å². The van der Waals surface area contributed by atoms with E-state index in [0.29, 0.717) is 5.46 Å². The Morgan fingerprint density at radius 3 is 2.42 bits per heavy atom. The van der Waals surface area contributed by atoms with Crippen LogP contribution in [0.15, 0.2) is 18.3 Å². The van der Waals surface area contributed by atoms with Gasteiger partial charge in [0.1, 0.15) is 0 Å². The van der Waals surface area contributed by atoms with Gasteiger partial charge in [-0.2, -0.15) is 0 Å². The van der Waals surface area contributed by atoms with Gasteiger partial charge in [-0.15, -0.1) is 0 Å². The molecule has 1 saturated heterocycles. The second-order valence-electron chi connectivity index (χ2n) is 5.41.